The van der Waals surface area contributed by atoms with Crippen molar-refractivity contribution < 1.29 is 24.2 Å². The van der Waals surface area contributed by atoms with Crippen molar-refractivity contribution in [3.63, 3.8) is 0 Å². The van der Waals surface area contributed by atoms with E-state index >= 15 is 0 Å². The van der Waals surface area contributed by atoms with Crippen molar-refractivity contribution in [3.8, 4) is 0 Å². The molecule has 0 unspecified atom stereocenters. The first-order valence-electron chi connectivity index (χ1n) is 10.4. The normalized spacial score (nSPS) is 12.6. The van der Waals surface area contributed by atoms with E-state index in [1.165, 1.54) is 6.20 Å². The molecule has 0 saturated carbocycles. The lowest BCUT2D eigenvalue weighted by atomic mass is 10.0. The Morgan fingerprint density at radius 3 is 2.41 bits per heavy atom. The first kappa shape index (κ1) is 24.8. The van der Waals surface area contributed by atoms with Gasteiger partial charge in [0.25, 0.3) is 5.56 Å². The molecule has 1 aromatic carbocycles. The summed E-state index contributed by atoms with van der Waals surface area (Å²) in [5.41, 5.74) is 0.820. The molecule has 9 nitrogen and oxygen atoms in total. The molecule has 0 bridgehead atoms. The number of carbonyl (C=O) groups is 3. The van der Waals surface area contributed by atoms with Crippen LogP contribution in [0, 0.1) is 5.92 Å². The molecule has 172 valence electrons. The molecule has 0 radical (unpaired) electrons. The maximum Gasteiger partial charge on any atom is 0.397 e. The number of hydrogen-bond acceptors (Lipinski definition) is 6. The Morgan fingerprint density at radius 1 is 1.06 bits per heavy atom. The summed E-state index contributed by atoms with van der Waals surface area (Å²) >= 11 is 0. The summed E-state index contributed by atoms with van der Waals surface area (Å²) in [6.45, 7) is 3.27. The summed E-state index contributed by atoms with van der Waals surface area (Å²) in [4.78, 5) is 51.5. The van der Waals surface area contributed by atoms with Crippen molar-refractivity contribution in [1.82, 2.24) is 15.6 Å². The fraction of sp³-hybridized carbons (Fsp3) is 0.391. The number of aromatic amines is 1. The highest BCUT2D eigenvalue weighted by Crippen LogP contribution is 2.07. The standard InChI is InChI=1S/C23H29N3O6/c1-15(2)11-19(26-22(30)23(31)32-14-16-7-4-3-5-8-16)21(29)25-18(13-27)12-17-9-6-10-24-20(17)28/h3-10,15,18-19,27H,11-14H2,1-2H3,(H,24,28)(H,25,29)(H,26,30)/t18-,19-/m0/s1. The topological polar surface area (TPSA) is 138 Å². The Balaban J connectivity index is 1.98. The molecule has 0 spiro atoms. The van der Waals surface area contributed by atoms with Crippen molar-refractivity contribution in [3.05, 3.63) is 70.1 Å². The number of pyridine rings is 1. The maximum absolute atomic E-state index is 12.8. The molecular weight excluding hydrogens is 414 g/mol. The highest BCUT2D eigenvalue weighted by atomic mass is 16.5. The van der Waals surface area contributed by atoms with Crippen LogP contribution in [0.4, 0.5) is 0 Å². The van der Waals surface area contributed by atoms with Crippen LogP contribution in [-0.2, 0) is 32.1 Å². The van der Waals surface area contributed by atoms with E-state index < -0.39 is 36.5 Å². The highest BCUT2D eigenvalue weighted by Gasteiger charge is 2.27. The van der Waals surface area contributed by atoms with Crippen molar-refractivity contribution in [1.29, 1.82) is 0 Å². The molecule has 0 aliphatic carbocycles. The lowest BCUT2D eigenvalue weighted by Crippen LogP contribution is -2.53. The van der Waals surface area contributed by atoms with Crippen molar-refractivity contribution in [2.24, 2.45) is 5.92 Å². The van der Waals surface area contributed by atoms with Gasteiger partial charge in [-0.2, -0.15) is 0 Å². The summed E-state index contributed by atoms with van der Waals surface area (Å²) in [5, 5.41) is 14.7. The van der Waals surface area contributed by atoms with Crippen LogP contribution in [0.2, 0.25) is 0 Å². The second kappa shape index (κ2) is 12.4. The minimum atomic E-state index is -1.09. The summed E-state index contributed by atoms with van der Waals surface area (Å²) in [6, 6.07) is 10.4. The van der Waals surface area contributed by atoms with Gasteiger partial charge in [-0.15, -0.1) is 0 Å². The number of amides is 2. The minimum absolute atomic E-state index is 0.0379. The van der Waals surface area contributed by atoms with E-state index in [2.05, 4.69) is 15.6 Å². The molecule has 0 aliphatic rings. The monoisotopic (exact) mass is 443 g/mol. The van der Waals surface area contributed by atoms with Crippen molar-refractivity contribution >= 4 is 17.8 Å². The van der Waals surface area contributed by atoms with Gasteiger partial charge in [0.15, 0.2) is 0 Å². The largest absolute Gasteiger partial charge is 0.454 e. The number of rotatable bonds is 10. The number of aliphatic hydroxyl groups is 1. The third kappa shape index (κ3) is 7.99. The number of carbonyl (C=O) groups excluding carboxylic acids is 3. The molecule has 9 heteroatoms. The average molecular weight is 444 g/mol. The van der Waals surface area contributed by atoms with Crippen LogP contribution in [-0.4, -0.2) is 46.6 Å². The molecule has 1 aromatic heterocycles. The van der Waals surface area contributed by atoms with E-state index in [9.17, 15) is 24.3 Å². The predicted molar refractivity (Wildman–Crippen MR) is 117 cm³/mol. The summed E-state index contributed by atoms with van der Waals surface area (Å²) < 4.78 is 5.01. The Kier molecular flexibility index (Phi) is 9.62. The fourth-order valence-corrected chi connectivity index (χ4v) is 3.05. The Hall–Kier alpha value is -3.46. The average Bonchev–Trinajstić information content (AvgIpc) is 2.78. The lowest BCUT2D eigenvalue weighted by Gasteiger charge is -2.23. The van der Waals surface area contributed by atoms with Crippen molar-refractivity contribution in [2.45, 2.75) is 45.4 Å². The zero-order valence-electron chi connectivity index (χ0n) is 18.2. The van der Waals surface area contributed by atoms with Gasteiger partial charge in [0, 0.05) is 18.2 Å². The van der Waals surface area contributed by atoms with E-state index in [0.717, 1.165) is 5.56 Å². The van der Waals surface area contributed by atoms with Crippen LogP contribution >= 0.6 is 0 Å². The van der Waals surface area contributed by atoms with Gasteiger partial charge in [0.2, 0.25) is 5.91 Å². The number of H-pyrrole nitrogens is 1. The van der Waals surface area contributed by atoms with Gasteiger partial charge in [-0.1, -0.05) is 50.2 Å². The number of nitrogens with one attached hydrogen (secondary N) is 3. The maximum atomic E-state index is 12.8. The van der Waals surface area contributed by atoms with Gasteiger partial charge >= 0.3 is 11.9 Å². The van der Waals surface area contributed by atoms with E-state index in [1.807, 2.05) is 19.9 Å². The third-order valence-corrected chi connectivity index (χ3v) is 4.66. The van der Waals surface area contributed by atoms with E-state index in [-0.39, 0.29) is 30.9 Å². The van der Waals surface area contributed by atoms with Gasteiger partial charge in [-0.3, -0.25) is 14.4 Å². The second-order valence-corrected chi connectivity index (χ2v) is 7.83. The number of hydrogen-bond donors (Lipinski definition) is 4. The highest BCUT2D eigenvalue weighted by molar-refractivity contribution is 6.32. The molecule has 0 saturated heterocycles. The van der Waals surface area contributed by atoms with Gasteiger partial charge < -0.3 is 25.5 Å². The first-order chi connectivity index (χ1) is 15.3. The van der Waals surface area contributed by atoms with E-state index in [1.54, 1.807) is 36.4 Å². The van der Waals surface area contributed by atoms with Crippen LogP contribution in [0.3, 0.4) is 0 Å². The Morgan fingerprint density at radius 2 is 1.78 bits per heavy atom. The van der Waals surface area contributed by atoms with Gasteiger partial charge in [0.05, 0.1) is 12.6 Å². The SMILES string of the molecule is CC(C)C[C@H](NC(=O)C(=O)OCc1ccccc1)C(=O)N[C@H](CO)Cc1ccc[nH]c1=O. The number of aliphatic hydroxyl groups excluding tert-OH is 1. The van der Waals surface area contributed by atoms with Crippen LogP contribution < -0.4 is 16.2 Å². The molecular formula is C23H29N3O6. The molecule has 2 aromatic rings. The molecule has 2 atom stereocenters. The van der Waals surface area contributed by atoms with Crippen LogP contribution in [0.1, 0.15) is 31.4 Å². The van der Waals surface area contributed by atoms with E-state index in [0.29, 0.717) is 5.56 Å². The summed E-state index contributed by atoms with van der Waals surface area (Å²) in [5.74, 6) is -2.64. The second-order valence-electron chi connectivity index (χ2n) is 7.83. The summed E-state index contributed by atoms with van der Waals surface area (Å²) in [6.07, 6.45) is 1.87. The quantitative estimate of drug-likeness (QED) is 0.315. The molecule has 4 N–H and O–H groups in total. The molecule has 2 amide bonds. The van der Waals surface area contributed by atoms with Gasteiger partial charge in [-0.05, 0) is 24.0 Å². The van der Waals surface area contributed by atoms with Gasteiger partial charge in [-0.25, -0.2) is 4.79 Å². The molecule has 2 rings (SSSR count). The zero-order valence-corrected chi connectivity index (χ0v) is 18.2. The van der Waals surface area contributed by atoms with Crippen LogP contribution in [0.15, 0.2) is 53.5 Å². The van der Waals surface area contributed by atoms with Gasteiger partial charge in [0.1, 0.15) is 12.6 Å². The summed E-state index contributed by atoms with van der Waals surface area (Å²) in [7, 11) is 0. The molecule has 0 aliphatic heterocycles. The smallest absolute Gasteiger partial charge is 0.397 e. The number of aromatic nitrogens is 1. The number of ether oxygens (including phenoxy) is 1. The van der Waals surface area contributed by atoms with Crippen LogP contribution in [0.25, 0.3) is 0 Å². The molecule has 32 heavy (non-hydrogen) atoms. The number of benzene rings is 1. The Labute approximate surface area is 186 Å². The first-order valence-corrected chi connectivity index (χ1v) is 10.4. The third-order valence-electron chi connectivity index (χ3n) is 4.66. The molecule has 1 heterocycles. The van der Waals surface area contributed by atoms with Crippen molar-refractivity contribution in [2.75, 3.05) is 6.61 Å². The van der Waals surface area contributed by atoms with E-state index in [4.69, 9.17) is 4.74 Å². The fourth-order valence-electron chi connectivity index (χ4n) is 3.05. The predicted octanol–water partition coefficient (Wildman–Crippen LogP) is 0.669. The zero-order chi connectivity index (χ0) is 23.5. The lowest BCUT2D eigenvalue weighted by molar-refractivity contribution is -0.156. The minimum Gasteiger partial charge on any atom is -0.454 e. The number of esters is 1. The molecule has 0 fully saturated rings. The van der Waals surface area contributed by atoms with Crippen LogP contribution in [0.5, 0.6) is 0 Å². The Bertz CT molecular complexity index is 957.